The molecule has 3 aromatic carbocycles. The third kappa shape index (κ3) is 7.96. The number of nitrogens with zero attached hydrogens (tertiary/aromatic N) is 1. The highest BCUT2D eigenvalue weighted by Gasteiger charge is 2.31. The molecule has 0 bridgehead atoms. The van der Waals surface area contributed by atoms with Crippen molar-refractivity contribution >= 4 is 23.9 Å². The zero-order chi connectivity index (χ0) is 29.9. The van der Waals surface area contributed by atoms with E-state index in [1.54, 1.807) is 6.92 Å². The lowest BCUT2D eigenvalue weighted by atomic mass is 9.98. The lowest BCUT2D eigenvalue weighted by Gasteiger charge is -2.26. The van der Waals surface area contributed by atoms with Gasteiger partial charge in [-0.15, -0.1) is 0 Å². The van der Waals surface area contributed by atoms with Crippen LogP contribution in [0.15, 0.2) is 78.9 Å². The second kappa shape index (κ2) is 14.8. The summed E-state index contributed by atoms with van der Waals surface area (Å²) in [6, 6.07) is 23.9. The first-order valence-electron chi connectivity index (χ1n) is 14.2. The second-order valence-electron chi connectivity index (χ2n) is 10.1. The number of carboxylic acids is 1. The van der Waals surface area contributed by atoms with Gasteiger partial charge in [-0.1, -0.05) is 78.9 Å². The fraction of sp³-hybridized carbons (Fsp3) is 0.333. The number of aliphatic carboxylic acids is 1. The molecule has 2 N–H and O–H groups in total. The molecule has 42 heavy (non-hydrogen) atoms. The number of hydrogen-bond donors (Lipinski definition) is 2. The molecule has 1 aliphatic rings. The lowest BCUT2D eigenvalue weighted by molar-refractivity contribution is -0.148. The highest BCUT2D eigenvalue weighted by molar-refractivity contribution is 5.89. The quantitative estimate of drug-likeness (QED) is 0.203. The normalized spacial score (nSPS) is 12.5. The molecule has 4 rings (SSSR count). The summed E-state index contributed by atoms with van der Waals surface area (Å²) in [4.78, 5) is 51.6. The molecule has 0 fully saturated rings. The summed E-state index contributed by atoms with van der Waals surface area (Å²) in [7, 11) is 0. The molecule has 9 nitrogen and oxygen atoms in total. The summed E-state index contributed by atoms with van der Waals surface area (Å²) in [5, 5.41) is 11.5. The third-order valence-electron chi connectivity index (χ3n) is 7.31. The van der Waals surface area contributed by atoms with E-state index in [4.69, 9.17) is 14.6 Å². The van der Waals surface area contributed by atoms with Gasteiger partial charge >= 0.3 is 18.0 Å². The molecule has 0 radical (unpaired) electrons. The molecule has 3 aromatic rings. The van der Waals surface area contributed by atoms with Gasteiger partial charge in [-0.25, -0.2) is 4.79 Å². The van der Waals surface area contributed by atoms with Crippen LogP contribution >= 0.6 is 0 Å². The van der Waals surface area contributed by atoms with Crippen LogP contribution in [0.5, 0.6) is 0 Å². The van der Waals surface area contributed by atoms with E-state index < -0.39 is 30.0 Å². The fourth-order valence-corrected chi connectivity index (χ4v) is 5.17. The number of amides is 2. The Morgan fingerprint density at radius 3 is 2.10 bits per heavy atom. The van der Waals surface area contributed by atoms with E-state index in [9.17, 15) is 19.2 Å². The van der Waals surface area contributed by atoms with Crippen molar-refractivity contribution in [1.29, 1.82) is 0 Å². The number of likely N-dealkylation sites (N-methyl/N-ethyl adjacent to an activating group) is 1. The number of nitrogens with one attached hydrogen (secondary N) is 1. The molecule has 1 atom stereocenters. The number of rotatable bonds is 14. The first-order chi connectivity index (χ1) is 20.4. The highest BCUT2D eigenvalue weighted by atomic mass is 16.5. The number of hydrogen-bond acceptors (Lipinski definition) is 6. The van der Waals surface area contributed by atoms with Crippen LogP contribution in [0.25, 0.3) is 11.1 Å². The zero-order valence-electron chi connectivity index (χ0n) is 23.7. The van der Waals surface area contributed by atoms with Crippen LogP contribution in [0.1, 0.15) is 55.2 Å². The maximum absolute atomic E-state index is 13.5. The molecule has 220 valence electrons. The van der Waals surface area contributed by atoms with E-state index >= 15 is 0 Å². The molecule has 2 amide bonds. The van der Waals surface area contributed by atoms with E-state index in [0.717, 1.165) is 27.8 Å². The molecular formula is C33H36N2O7. The van der Waals surface area contributed by atoms with Crippen LogP contribution in [0.2, 0.25) is 0 Å². The minimum absolute atomic E-state index is 0.00101. The van der Waals surface area contributed by atoms with Gasteiger partial charge in [-0.05, 0) is 47.6 Å². The van der Waals surface area contributed by atoms with Crippen molar-refractivity contribution < 1.29 is 33.8 Å². The van der Waals surface area contributed by atoms with Crippen LogP contribution in [0.4, 0.5) is 4.79 Å². The zero-order valence-corrected chi connectivity index (χ0v) is 23.7. The second-order valence-corrected chi connectivity index (χ2v) is 10.1. The molecule has 0 spiro atoms. The fourth-order valence-electron chi connectivity index (χ4n) is 5.17. The summed E-state index contributed by atoms with van der Waals surface area (Å²) in [6.45, 7) is 2.51. The summed E-state index contributed by atoms with van der Waals surface area (Å²) in [5.74, 6) is -2.16. The van der Waals surface area contributed by atoms with Gasteiger partial charge < -0.3 is 24.8 Å². The van der Waals surface area contributed by atoms with E-state index in [-0.39, 0.29) is 32.0 Å². The Kier molecular flexibility index (Phi) is 10.7. The van der Waals surface area contributed by atoms with Crippen LogP contribution in [0, 0.1) is 0 Å². The van der Waals surface area contributed by atoms with Crippen molar-refractivity contribution in [1.82, 2.24) is 10.2 Å². The molecular weight excluding hydrogens is 536 g/mol. The van der Waals surface area contributed by atoms with Gasteiger partial charge in [-0.2, -0.15) is 0 Å². The Hall–Kier alpha value is -4.66. The van der Waals surface area contributed by atoms with Gasteiger partial charge in [0.25, 0.3) is 0 Å². The van der Waals surface area contributed by atoms with Crippen molar-refractivity contribution in [3.8, 4) is 11.1 Å². The minimum Gasteiger partial charge on any atom is -0.481 e. The number of esters is 1. The Bertz CT molecular complexity index is 1350. The van der Waals surface area contributed by atoms with Crippen LogP contribution < -0.4 is 5.32 Å². The number of carbonyl (C=O) groups is 4. The number of carbonyl (C=O) groups excluding carboxylic acids is 3. The van der Waals surface area contributed by atoms with E-state index in [2.05, 4.69) is 5.32 Å². The molecule has 0 aliphatic heterocycles. The number of alkyl carbamates (subject to hydrolysis) is 1. The molecule has 1 aliphatic carbocycles. The lowest BCUT2D eigenvalue weighted by Crippen LogP contribution is -2.50. The number of unbranched alkanes of at least 4 members (excludes halogenated alkanes) is 1. The van der Waals surface area contributed by atoms with Gasteiger partial charge in [-0.3, -0.25) is 14.4 Å². The average molecular weight is 573 g/mol. The molecule has 9 heteroatoms. The Morgan fingerprint density at radius 2 is 1.48 bits per heavy atom. The molecule has 0 saturated carbocycles. The number of fused-ring (bicyclic) bond motifs is 3. The van der Waals surface area contributed by atoms with Gasteiger partial charge in [0, 0.05) is 25.4 Å². The van der Waals surface area contributed by atoms with Gasteiger partial charge in [0.15, 0.2) is 0 Å². The maximum Gasteiger partial charge on any atom is 0.407 e. The summed E-state index contributed by atoms with van der Waals surface area (Å²) >= 11 is 0. The SMILES string of the molecule is CCN(CCCCC(=O)O)C(=O)[C@H](CC(=O)OCc1ccccc1)NC(=O)OCC1c2ccccc2-c2ccccc21. The van der Waals surface area contributed by atoms with Crippen molar-refractivity contribution in [3.05, 3.63) is 95.6 Å². The Labute approximate surface area is 245 Å². The van der Waals surface area contributed by atoms with Gasteiger partial charge in [0.1, 0.15) is 19.3 Å². The summed E-state index contributed by atoms with van der Waals surface area (Å²) < 4.78 is 11.0. The smallest absolute Gasteiger partial charge is 0.407 e. The Morgan fingerprint density at radius 1 is 0.857 bits per heavy atom. The Balaban J connectivity index is 1.41. The van der Waals surface area contributed by atoms with Crippen LogP contribution in [-0.2, 0) is 30.5 Å². The van der Waals surface area contributed by atoms with Crippen LogP contribution in [0.3, 0.4) is 0 Å². The molecule has 0 heterocycles. The summed E-state index contributed by atoms with van der Waals surface area (Å²) in [5.41, 5.74) is 5.10. The number of carboxylic acid groups (broad SMARTS) is 1. The molecule has 0 saturated heterocycles. The van der Waals surface area contributed by atoms with Crippen LogP contribution in [-0.4, -0.2) is 59.7 Å². The van der Waals surface area contributed by atoms with Crippen molar-refractivity contribution in [2.75, 3.05) is 19.7 Å². The third-order valence-corrected chi connectivity index (χ3v) is 7.31. The van der Waals surface area contributed by atoms with E-state index in [1.807, 2.05) is 78.9 Å². The monoisotopic (exact) mass is 572 g/mol. The van der Waals surface area contributed by atoms with Crippen molar-refractivity contribution in [3.63, 3.8) is 0 Å². The van der Waals surface area contributed by atoms with E-state index in [0.29, 0.717) is 25.9 Å². The predicted octanol–water partition coefficient (Wildman–Crippen LogP) is 5.13. The van der Waals surface area contributed by atoms with Gasteiger partial charge in [0.2, 0.25) is 5.91 Å². The number of ether oxygens (including phenoxy) is 2. The summed E-state index contributed by atoms with van der Waals surface area (Å²) in [6.07, 6.45) is -0.307. The van der Waals surface area contributed by atoms with E-state index in [1.165, 1.54) is 4.90 Å². The number of benzene rings is 3. The molecule has 0 unspecified atom stereocenters. The van der Waals surface area contributed by atoms with Crippen molar-refractivity contribution in [2.45, 2.75) is 51.2 Å². The average Bonchev–Trinajstić information content (AvgIpc) is 3.32. The minimum atomic E-state index is -1.21. The maximum atomic E-state index is 13.5. The highest BCUT2D eigenvalue weighted by Crippen LogP contribution is 2.44. The predicted molar refractivity (Wildman–Crippen MR) is 157 cm³/mol. The van der Waals surface area contributed by atoms with Crippen molar-refractivity contribution in [2.24, 2.45) is 0 Å². The largest absolute Gasteiger partial charge is 0.481 e. The standard InChI is InChI=1S/C33H36N2O7/c1-2-35(19-11-10-18-30(36)37)32(39)29(20-31(38)41-21-23-12-4-3-5-13-23)34-33(40)42-22-28-26-16-8-6-14-24(26)25-15-7-9-17-27(25)28/h3-9,12-17,28-29H,2,10-11,18-22H2,1H3,(H,34,40)(H,36,37)/t29-/m0/s1. The first-order valence-corrected chi connectivity index (χ1v) is 14.2. The topological polar surface area (TPSA) is 122 Å². The molecule has 0 aromatic heterocycles. The van der Waals surface area contributed by atoms with Gasteiger partial charge in [0.05, 0.1) is 6.42 Å². The first kappa shape index (κ1) is 30.3.